The number of nitrogens with zero attached hydrogens (tertiary/aromatic N) is 1. The molecule has 0 atom stereocenters. The largest absolute Gasteiger partial charge is 0.354 e. The summed E-state index contributed by atoms with van der Waals surface area (Å²) in [5.74, 6) is 0. The topological polar surface area (TPSA) is 56.5 Å². The monoisotopic (exact) mass is 476 g/mol. The molecule has 1 aliphatic rings. The van der Waals surface area contributed by atoms with E-state index in [2.05, 4.69) is 118 Å². The molecule has 3 aromatic carbocycles. The van der Waals surface area contributed by atoms with Crippen LogP contribution in [0.25, 0.3) is 56.5 Å². The Labute approximate surface area is 214 Å². The van der Waals surface area contributed by atoms with E-state index >= 15 is 0 Å². The smallest absolute Gasteiger partial charge is 0.0894 e. The number of rotatable bonds is 4. The summed E-state index contributed by atoms with van der Waals surface area (Å²) >= 11 is 0. The number of fused-ring (bicyclic) bond motifs is 6. The van der Waals surface area contributed by atoms with E-state index in [1.54, 1.807) is 0 Å². The van der Waals surface area contributed by atoms with Crippen LogP contribution in [-0.4, -0.2) is 15.0 Å². The van der Waals surface area contributed by atoms with Crippen LogP contribution in [0, 0.1) is 0 Å². The molecule has 0 spiro atoms. The highest BCUT2D eigenvalue weighted by Crippen LogP contribution is 2.36. The first kappa shape index (κ1) is 21.2. The van der Waals surface area contributed by atoms with Crippen LogP contribution in [-0.2, 0) is 0 Å². The van der Waals surface area contributed by atoms with Gasteiger partial charge >= 0.3 is 0 Å². The highest BCUT2D eigenvalue weighted by Gasteiger charge is 2.16. The molecule has 4 heteroatoms. The van der Waals surface area contributed by atoms with E-state index in [9.17, 15) is 0 Å². The van der Waals surface area contributed by atoms with Crippen LogP contribution in [0.5, 0.6) is 0 Å². The van der Waals surface area contributed by atoms with Crippen molar-refractivity contribution in [1.29, 1.82) is 0 Å². The number of nitrogens with one attached hydrogen (secondary N) is 3. The molecule has 1 aliphatic heterocycles. The Kier molecular flexibility index (Phi) is 5.07. The molecule has 4 nitrogen and oxygen atoms in total. The first-order valence-electron chi connectivity index (χ1n) is 12.4. The second-order valence-electron chi connectivity index (χ2n) is 9.14. The van der Waals surface area contributed by atoms with E-state index in [1.165, 1.54) is 0 Å². The Balaban J connectivity index is 1.62. The molecule has 0 fully saturated rings. The molecule has 0 unspecified atom stereocenters. The zero-order valence-electron chi connectivity index (χ0n) is 20.1. The van der Waals surface area contributed by atoms with Gasteiger partial charge in [0.05, 0.1) is 22.6 Å². The van der Waals surface area contributed by atoms with Crippen LogP contribution in [0.3, 0.4) is 0 Å². The number of hydrogen-bond acceptors (Lipinski definition) is 2. The highest BCUT2D eigenvalue weighted by atomic mass is 14.9. The molecule has 0 aliphatic carbocycles. The van der Waals surface area contributed by atoms with Crippen LogP contribution in [0.2, 0.25) is 0 Å². The number of aromatic amines is 2. The predicted octanol–water partition coefficient (Wildman–Crippen LogP) is 8.73. The average molecular weight is 477 g/mol. The molecule has 0 saturated heterocycles. The van der Waals surface area contributed by atoms with Gasteiger partial charge < -0.3 is 15.3 Å². The number of hydrogen-bond donors (Lipinski definition) is 3. The molecule has 0 amide bonds. The molecular weight excluding hydrogens is 452 g/mol. The van der Waals surface area contributed by atoms with E-state index < -0.39 is 0 Å². The number of aromatic nitrogens is 3. The summed E-state index contributed by atoms with van der Waals surface area (Å²) in [6, 6.07) is 39.8. The summed E-state index contributed by atoms with van der Waals surface area (Å²) in [5, 5.41) is 3.63. The van der Waals surface area contributed by atoms with Crippen LogP contribution in [0.1, 0.15) is 11.4 Å². The maximum absolute atomic E-state index is 5.14. The minimum Gasteiger partial charge on any atom is -0.354 e. The molecule has 4 heterocycles. The SMILES string of the molecule is C1=Cc2nc1c(Nc1ccccc1)c1ccc([nH]1)c(-c1ccccc1)c1ccc([nH]1)c2-c1ccccc1. The van der Waals surface area contributed by atoms with Crippen LogP contribution >= 0.6 is 0 Å². The van der Waals surface area contributed by atoms with Gasteiger partial charge in [-0.3, -0.25) is 0 Å². The van der Waals surface area contributed by atoms with Gasteiger partial charge in [-0.15, -0.1) is 0 Å². The minimum absolute atomic E-state index is 0.884. The third-order valence-electron chi connectivity index (χ3n) is 6.77. The zero-order chi connectivity index (χ0) is 24.6. The second kappa shape index (κ2) is 8.85. The predicted molar refractivity (Wildman–Crippen MR) is 155 cm³/mol. The van der Waals surface area contributed by atoms with E-state index in [0.717, 1.165) is 67.1 Å². The Hall–Kier alpha value is -5.09. The normalized spacial score (nSPS) is 11.7. The highest BCUT2D eigenvalue weighted by molar-refractivity contribution is 5.99. The zero-order valence-corrected chi connectivity index (χ0v) is 20.1. The molecule has 3 N–H and O–H groups in total. The molecule has 6 bridgehead atoms. The van der Waals surface area contributed by atoms with Gasteiger partial charge in [0, 0.05) is 33.4 Å². The summed E-state index contributed by atoms with van der Waals surface area (Å²) in [7, 11) is 0. The number of H-pyrrole nitrogens is 2. The van der Waals surface area contributed by atoms with E-state index in [4.69, 9.17) is 4.98 Å². The lowest BCUT2D eigenvalue weighted by atomic mass is 10.0. The van der Waals surface area contributed by atoms with Gasteiger partial charge in [0.2, 0.25) is 0 Å². The molecule has 3 aromatic heterocycles. The van der Waals surface area contributed by atoms with Gasteiger partial charge in [0.1, 0.15) is 0 Å². The minimum atomic E-state index is 0.884. The Bertz CT molecular complexity index is 1830. The van der Waals surface area contributed by atoms with Crippen molar-refractivity contribution in [1.82, 2.24) is 15.0 Å². The second-order valence-corrected chi connectivity index (χ2v) is 9.14. The van der Waals surface area contributed by atoms with Gasteiger partial charge in [0.15, 0.2) is 0 Å². The molecule has 176 valence electrons. The van der Waals surface area contributed by atoms with Crippen LogP contribution < -0.4 is 5.32 Å². The van der Waals surface area contributed by atoms with Crippen molar-refractivity contribution in [2.45, 2.75) is 0 Å². The fourth-order valence-electron chi connectivity index (χ4n) is 5.06. The molecule has 7 rings (SSSR count). The molecule has 0 radical (unpaired) electrons. The number of benzene rings is 3. The lowest BCUT2D eigenvalue weighted by molar-refractivity contribution is 1.31. The van der Waals surface area contributed by atoms with Crippen molar-refractivity contribution < 1.29 is 0 Å². The summed E-state index contributed by atoms with van der Waals surface area (Å²) in [6.45, 7) is 0. The standard InChI is InChI=1S/C33H24N4/c1-4-10-22(11-5-1)31-25-16-17-26(35-25)32(23-12-6-2-7-13-23)28-19-21-30(37-28)33(29-20-18-27(31)36-29)34-24-14-8-3-9-15-24/h1-21,34-36H. The molecular formula is C33H24N4. The number of anilines is 2. The van der Waals surface area contributed by atoms with Crippen molar-refractivity contribution >= 4 is 45.6 Å². The fourth-order valence-corrected chi connectivity index (χ4v) is 5.06. The van der Waals surface area contributed by atoms with Gasteiger partial charge in [0.25, 0.3) is 0 Å². The first-order chi connectivity index (χ1) is 18.3. The van der Waals surface area contributed by atoms with Crippen molar-refractivity contribution in [3.05, 3.63) is 127 Å². The third kappa shape index (κ3) is 3.85. The van der Waals surface area contributed by atoms with Crippen LogP contribution in [0.15, 0.2) is 115 Å². The maximum Gasteiger partial charge on any atom is 0.0894 e. The first-order valence-corrected chi connectivity index (χ1v) is 12.4. The van der Waals surface area contributed by atoms with Gasteiger partial charge in [-0.05, 0) is 59.7 Å². The van der Waals surface area contributed by atoms with Crippen molar-refractivity contribution in [3.8, 4) is 22.3 Å². The summed E-state index contributed by atoms with van der Waals surface area (Å²) in [4.78, 5) is 12.5. The third-order valence-corrected chi connectivity index (χ3v) is 6.77. The molecule has 37 heavy (non-hydrogen) atoms. The Morgan fingerprint density at radius 1 is 0.459 bits per heavy atom. The molecule has 6 aromatic rings. The lowest BCUT2D eigenvalue weighted by Gasteiger charge is -2.08. The quantitative estimate of drug-likeness (QED) is 0.238. The van der Waals surface area contributed by atoms with Gasteiger partial charge in [-0.2, -0.15) is 0 Å². The van der Waals surface area contributed by atoms with E-state index in [1.807, 2.05) is 24.3 Å². The molecule has 0 saturated carbocycles. The average Bonchev–Trinajstić information content (AvgIpc) is 3.72. The lowest BCUT2D eigenvalue weighted by Crippen LogP contribution is -1.94. The maximum atomic E-state index is 5.14. The van der Waals surface area contributed by atoms with E-state index in [0.29, 0.717) is 0 Å². The van der Waals surface area contributed by atoms with Crippen molar-refractivity contribution in [2.75, 3.05) is 5.32 Å². The van der Waals surface area contributed by atoms with Gasteiger partial charge in [-0.1, -0.05) is 78.9 Å². The van der Waals surface area contributed by atoms with E-state index in [-0.39, 0.29) is 0 Å². The van der Waals surface area contributed by atoms with Crippen molar-refractivity contribution in [2.24, 2.45) is 0 Å². The summed E-state index contributed by atoms with van der Waals surface area (Å²) in [5.41, 5.74) is 12.3. The summed E-state index contributed by atoms with van der Waals surface area (Å²) in [6.07, 6.45) is 4.20. The Morgan fingerprint density at radius 3 is 1.59 bits per heavy atom. The Morgan fingerprint density at radius 2 is 0.946 bits per heavy atom. The number of para-hydroxylation sites is 1. The fraction of sp³-hybridized carbons (Fsp3) is 0. The van der Waals surface area contributed by atoms with Gasteiger partial charge in [-0.25, -0.2) is 4.98 Å². The summed E-state index contributed by atoms with van der Waals surface area (Å²) < 4.78 is 0. The van der Waals surface area contributed by atoms with Crippen molar-refractivity contribution in [3.63, 3.8) is 0 Å². The van der Waals surface area contributed by atoms with Crippen LogP contribution in [0.4, 0.5) is 11.4 Å².